The van der Waals surface area contributed by atoms with Crippen LogP contribution < -0.4 is 10.6 Å². The standard InChI is InChI=1S/C31H41N7O5/c1-2-21-16-23(43-37-21)27-25(40)26(41)30(42-27)38-18-33-24-28(32-14-13-19-9-5-3-6-10-19)35-31(36-29(24)38)34-22(17-39)15-20-11-7-4-8-12-20/h4,7-8,11-12,16,18-19,22,25-27,30,39-41H,2-3,5-6,9-10,13-15,17H2,1H3,(H2,32,34,35,36)/t22-,25-,26+,27+,30+/m0/s1. The second-order valence-electron chi connectivity index (χ2n) is 11.7. The van der Waals surface area contributed by atoms with E-state index < -0.39 is 24.5 Å². The third-order valence-corrected chi connectivity index (χ3v) is 8.60. The zero-order valence-corrected chi connectivity index (χ0v) is 24.5. The fourth-order valence-corrected chi connectivity index (χ4v) is 6.16. The molecule has 0 bridgehead atoms. The summed E-state index contributed by atoms with van der Waals surface area (Å²) in [5, 5.41) is 42.9. The van der Waals surface area contributed by atoms with Crippen LogP contribution in [-0.2, 0) is 17.6 Å². The van der Waals surface area contributed by atoms with Crippen molar-refractivity contribution in [3.8, 4) is 0 Å². The van der Waals surface area contributed by atoms with Gasteiger partial charge in [-0.15, -0.1) is 0 Å². The van der Waals surface area contributed by atoms with Crippen LogP contribution in [0.3, 0.4) is 0 Å². The second kappa shape index (κ2) is 13.4. The molecule has 0 unspecified atom stereocenters. The summed E-state index contributed by atoms with van der Waals surface area (Å²) in [5.41, 5.74) is 2.77. The van der Waals surface area contributed by atoms with Crippen LogP contribution in [0.15, 0.2) is 47.2 Å². The van der Waals surface area contributed by atoms with Crippen molar-refractivity contribution < 1.29 is 24.6 Å². The minimum atomic E-state index is -1.27. The predicted octanol–water partition coefficient (Wildman–Crippen LogP) is 3.77. The number of hydrogen-bond acceptors (Lipinski definition) is 11. The average molecular weight is 592 g/mol. The molecule has 1 aliphatic carbocycles. The SMILES string of the molecule is CCc1cc([C@H]2O[C@@H](n3cnc4c(NCCC5CCCCC5)nc(N[C@H](CO)Cc5ccccc5)nc43)[C@H](O)[C@@H]2O)on1. The summed E-state index contributed by atoms with van der Waals surface area (Å²) >= 11 is 0. The highest BCUT2D eigenvalue weighted by Gasteiger charge is 2.47. The fourth-order valence-electron chi connectivity index (χ4n) is 6.16. The number of aliphatic hydroxyl groups is 3. The molecule has 3 aromatic heterocycles. The zero-order chi connectivity index (χ0) is 29.8. The summed E-state index contributed by atoms with van der Waals surface area (Å²) in [6.07, 6.45) is 5.86. The minimum absolute atomic E-state index is 0.116. The number of rotatable bonds is 12. The van der Waals surface area contributed by atoms with Crippen LogP contribution in [0.5, 0.6) is 0 Å². The number of aryl methyl sites for hydroxylation is 1. The van der Waals surface area contributed by atoms with Crippen molar-refractivity contribution >= 4 is 22.9 Å². The number of aliphatic hydroxyl groups excluding tert-OH is 3. The summed E-state index contributed by atoms with van der Waals surface area (Å²) < 4.78 is 13.2. The van der Waals surface area contributed by atoms with Gasteiger partial charge in [0.1, 0.15) is 18.3 Å². The highest BCUT2D eigenvalue weighted by molar-refractivity contribution is 5.84. The number of aromatic nitrogens is 5. The Labute approximate surface area is 250 Å². The van der Waals surface area contributed by atoms with E-state index in [0.717, 1.165) is 24.2 Å². The summed E-state index contributed by atoms with van der Waals surface area (Å²) in [6, 6.07) is 11.3. The molecule has 6 rings (SSSR count). The molecule has 230 valence electrons. The van der Waals surface area contributed by atoms with Gasteiger partial charge < -0.3 is 35.2 Å². The number of fused-ring (bicyclic) bond motifs is 1. The van der Waals surface area contributed by atoms with Gasteiger partial charge in [0, 0.05) is 12.6 Å². The lowest BCUT2D eigenvalue weighted by atomic mass is 9.87. The molecule has 0 spiro atoms. The van der Waals surface area contributed by atoms with Crippen LogP contribution in [0.2, 0.25) is 0 Å². The van der Waals surface area contributed by atoms with Crippen molar-refractivity contribution in [3.05, 3.63) is 59.7 Å². The van der Waals surface area contributed by atoms with Crippen LogP contribution in [0.25, 0.3) is 11.2 Å². The topological polar surface area (TPSA) is 164 Å². The highest BCUT2D eigenvalue weighted by atomic mass is 16.6. The number of hydrogen-bond donors (Lipinski definition) is 5. The molecule has 0 radical (unpaired) electrons. The first kappa shape index (κ1) is 29.5. The van der Waals surface area contributed by atoms with Crippen molar-refractivity contribution in [2.75, 3.05) is 23.8 Å². The lowest BCUT2D eigenvalue weighted by molar-refractivity contribution is -0.0434. The molecule has 0 amide bonds. The Hall–Kier alpha value is -3.58. The molecular weight excluding hydrogens is 550 g/mol. The Morgan fingerprint density at radius 1 is 1.07 bits per heavy atom. The molecule has 12 heteroatoms. The Balaban J connectivity index is 1.28. The van der Waals surface area contributed by atoms with Crippen molar-refractivity contribution in [2.45, 2.75) is 88.9 Å². The lowest BCUT2D eigenvalue weighted by Crippen LogP contribution is -2.29. The third-order valence-electron chi connectivity index (χ3n) is 8.60. The molecule has 4 heterocycles. The van der Waals surface area contributed by atoms with E-state index in [0.29, 0.717) is 47.4 Å². The van der Waals surface area contributed by atoms with Gasteiger partial charge in [0.15, 0.2) is 29.0 Å². The molecule has 43 heavy (non-hydrogen) atoms. The summed E-state index contributed by atoms with van der Waals surface area (Å²) in [5.74, 6) is 1.93. The molecule has 5 atom stereocenters. The fraction of sp³-hybridized carbons (Fsp3) is 0.548. The maximum atomic E-state index is 11.1. The lowest BCUT2D eigenvalue weighted by Gasteiger charge is -2.22. The van der Waals surface area contributed by atoms with Gasteiger partial charge in [-0.2, -0.15) is 9.97 Å². The first-order valence-corrected chi connectivity index (χ1v) is 15.4. The van der Waals surface area contributed by atoms with Gasteiger partial charge in [-0.05, 0) is 30.7 Å². The van der Waals surface area contributed by atoms with Crippen molar-refractivity contribution in [2.24, 2.45) is 5.92 Å². The molecule has 2 aliphatic rings. The van der Waals surface area contributed by atoms with E-state index in [9.17, 15) is 15.3 Å². The smallest absolute Gasteiger partial charge is 0.227 e. The first-order chi connectivity index (χ1) is 21.0. The number of ether oxygens (including phenoxy) is 1. The maximum absolute atomic E-state index is 11.1. The monoisotopic (exact) mass is 591 g/mol. The first-order valence-electron chi connectivity index (χ1n) is 15.4. The largest absolute Gasteiger partial charge is 0.394 e. The molecule has 12 nitrogen and oxygen atoms in total. The van der Waals surface area contributed by atoms with Crippen LogP contribution in [0, 0.1) is 5.92 Å². The number of anilines is 2. The number of benzene rings is 1. The van der Waals surface area contributed by atoms with Crippen molar-refractivity contribution in [1.29, 1.82) is 0 Å². The molecule has 1 saturated heterocycles. The van der Waals surface area contributed by atoms with Crippen molar-refractivity contribution in [1.82, 2.24) is 24.7 Å². The number of nitrogens with one attached hydrogen (secondary N) is 2. The number of nitrogens with zero attached hydrogens (tertiary/aromatic N) is 5. The Morgan fingerprint density at radius 2 is 1.88 bits per heavy atom. The molecule has 1 saturated carbocycles. The van der Waals surface area contributed by atoms with Crippen LogP contribution in [0.1, 0.15) is 74.8 Å². The van der Waals surface area contributed by atoms with Gasteiger partial charge in [0.05, 0.1) is 24.7 Å². The Kier molecular flexibility index (Phi) is 9.17. The van der Waals surface area contributed by atoms with E-state index in [-0.39, 0.29) is 12.6 Å². The normalized spacial score (nSPS) is 23.5. The average Bonchev–Trinajstić information content (AvgIpc) is 3.76. The van der Waals surface area contributed by atoms with E-state index in [1.165, 1.54) is 32.1 Å². The van der Waals surface area contributed by atoms with Gasteiger partial charge >= 0.3 is 0 Å². The summed E-state index contributed by atoms with van der Waals surface area (Å²) in [7, 11) is 0. The van der Waals surface area contributed by atoms with Gasteiger partial charge in [-0.3, -0.25) is 4.57 Å². The van der Waals surface area contributed by atoms with Crippen LogP contribution in [0.4, 0.5) is 11.8 Å². The highest BCUT2D eigenvalue weighted by Crippen LogP contribution is 2.40. The van der Waals surface area contributed by atoms with Crippen LogP contribution >= 0.6 is 0 Å². The molecule has 4 aromatic rings. The van der Waals surface area contributed by atoms with E-state index in [2.05, 4.69) is 20.8 Å². The Bertz CT molecular complexity index is 1470. The summed E-state index contributed by atoms with van der Waals surface area (Å²) in [4.78, 5) is 14.1. The summed E-state index contributed by atoms with van der Waals surface area (Å²) in [6.45, 7) is 2.58. The van der Waals surface area contributed by atoms with Crippen molar-refractivity contribution in [3.63, 3.8) is 0 Å². The van der Waals surface area contributed by atoms with E-state index in [1.807, 2.05) is 37.3 Å². The van der Waals surface area contributed by atoms with Gasteiger partial charge in [-0.1, -0.05) is 74.5 Å². The quantitative estimate of drug-likeness (QED) is 0.163. The van der Waals surface area contributed by atoms with E-state index in [1.54, 1.807) is 17.0 Å². The predicted molar refractivity (Wildman–Crippen MR) is 160 cm³/mol. The molecule has 1 aliphatic heterocycles. The second-order valence-corrected chi connectivity index (χ2v) is 11.7. The maximum Gasteiger partial charge on any atom is 0.227 e. The minimum Gasteiger partial charge on any atom is -0.394 e. The molecular formula is C31H41N7O5. The Morgan fingerprint density at radius 3 is 2.63 bits per heavy atom. The molecule has 2 fully saturated rings. The van der Waals surface area contributed by atoms with Gasteiger partial charge in [0.25, 0.3) is 0 Å². The third kappa shape index (κ3) is 6.52. The number of imidazole rings is 1. The van der Waals surface area contributed by atoms with Crippen LogP contribution in [-0.4, -0.2) is 71.4 Å². The zero-order valence-electron chi connectivity index (χ0n) is 24.5. The van der Waals surface area contributed by atoms with E-state index in [4.69, 9.17) is 19.2 Å². The van der Waals surface area contributed by atoms with Gasteiger partial charge in [0.2, 0.25) is 5.95 Å². The van der Waals surface area contributed by atoms with Gasteiger partial charge in [-0.25, -0.2) is 4.98 Å². The molecule has 5 N–H and O–H groups in total. The van der Waals surface area contributed by atoms with E-state index >= 15 is 0 Å². The molecule has 1 aromatic carbocycles.